The number of aromatic nitrogens is 2. The molecule has 8 heteroatoms. The number of rotatable bonds is 4. The maximum atomic E-state index is 12.8. The smallest absolute Gasteiger partial charge is 0.267 e. The Hall–Kier alpha value is -3.28. The molecular formula is C20H13N3O3S2. The van der Waals surface area contributed by atoms with Crippen molar-refractivity contribution in [2.75, 3.05) is 0 Å². The Morgan fingerprint density at radius 3 is 2.61 bits per heavy atom. The van der Waals surface area contributed by atoms with Crippen LogP contribution in [-0.4, -0.2) is 18.2 Å². The Kier molecular flexibility index (Phi) is 4.55. The van der Waals surface area contributed by atoms with Gasteiger partial charge in [0.2, 0.25) is 9.84 Å². The Balaban J connectivity index is 1.77. The second kappa shape index (κ2) is 7.03. The topological polar surface area (TPSA) is 92.8 Å². The average Bonchev–Trinajstić information content (AvgIpc) is 3.17. The summed E-state index contributed by atoms with van der Waals surface area (Å²) in [6, 6.07) is 16.4. The molecule has 0 spiro atoms. The minimum absolute atomic E-state index is 0.106. The summed E-state index contributed by atoms with van der Waals surface area (Å²) in [5.41, 5.74) is 0.390. The largest absolute Gasteiger partial charge is 0.274 e. The van der Waals surface area contributed by atoms with E-state index in [2.05, 4.69) is 11.2 Å². The van der Waals surface area contributed by atoms with Crippen LogP contribution in [0.4, 0.5) is 0 Å². The van der Waals surface area contributed by atoms with Gasteiger partial charge < -0.3 is 0 Å². The van der Waals surface area contributed by atoms with Gasteiger partial charge in [-0.05, 0) is 41.8 Å². The van der Waals surface area contributed by atoms with Crippen molar-refractivity contribution in [3.8, 4) is 6.07 Å². The van der Waals surface area contributed by atoms with Crippen LogP contribution >= 0.6 is 11.3 Å². The fraction of sp³-hybridized carbons (Fsp3) is 0.0500. The minimum Gasteiger partial charge on any atom is -0.267 e. The third-order valence-corrected chi connectivity index (χ3v) is 6.98. The summed E-state index contributed by atoms with van der Waals surface area (Å²) in [7, 11) is -3.67. The number of fused-ring (bicyclic) bond motifs is 1. The first kappa shape index (κ1) is 18.1. The van der Waals surface area contributed by atoms with Gasteiger partial charge in [0.1, 0.15) is 10.9 Å². The molecule has 0 saturated carbocycles. The fourth-order valence-electron chi connectivity index (χ4n) is 2.90. The van der Waals surface area contributed by atoms with Crippen molar-refractivity contribution >= 4 is 31.9 Å². The van der Waals surface area contributed by atoms with Gasteiger partial charge in [0.15, 0.2) is 0 Å². The molecule has 28 heavy (non-hydrogen) atoms. The zero-order valence-corrected chi connectivity index (χ0v) is 16.1. The van der Waals surface area contributed by atoms with Crippen molar-refractivity contribution in [1.82, 2.24) is 9.78 Å². The van der Waals surface area contributed by atoms with Crippen molar-refractivity contribution in [2.24, 2.45) is 0 Å². The summed E-state index contributed by atoms with van der Waals surface area (Å²) in [5, 5.41) is 15.9. The monoisotopic (exact) mass is 407 g/mol. The summed E-state index contributed by atoms with van der Waals surface area (Å²) in [6.07, 6.45) is 1.47. The average molecular weight is 407 g/mol. The molecule has 0 radical (unpaired) electrons. The van der Waals surface area contributed by atoms with E-state index in [0.717, 1.165) is 5.56 Å². The molecule has 0 bridgehead atoms. The molecule has 2 aromatic carbocycles. The van der Waals surface area contributed by atoms with Crippen LogP contribution in [0.1, 0.15) is 10.4 Å². The fourth-order valence-corrected chi connectivity index (χ4v) is 4.92. The predicted octanol–water partition coefficient (Wildman–Crippen LogP) is 3.21. The molecule has 0 aliphatic carbocycles. The van der Waals surface area contributed by atoms with Crippen molar-refractivity contribution in [1.29, 1.82) is 5.26 Å². The van der Waals surface area contributed by atoms with Gasteiger partial charge in [-0.2, -0.15) is 10.4 Å². The molecule has 4 rings (SSSR count). The lowest BCUT2D eigenvalue weighted by atomic mass is 10.2. The SMILES string of the molecule is N#Cc1sccc1Cn1ncc2cc(S(=O)(=O)c3ccccc3)ccc2c1=O. The van der Waals surface area contributed by atoms with Crippen LogP contribution in [0.15, 0.2) is 80.8 Å². The highest BCUT2D eigenvalue weighted by Crippen LogP contribution is 2.23. The van der Waals surface area contributed by atoms with Gasteiger partial charge in [-0.15, -0.1) is 11.3 Å². The van der Waals surface area contributed by atoms with Crippen LogP contribution in [0, 0.1) is 11.3 Å². The van der Waals surface area contributed by atoms with Gasteiger partial charge in [-0.3, -0.25) is 4.79 Å². The molecular weight excluding hydrogens is 394 g/mol. The number of thiophene rings is 1. The summed E-state index contributed by atoms with van der Waals surface area (Å²) >= 11 is 1.31. The van der Waals surface area contributed by atoms with E-state index in [1.807, 2.05) is 0 Å². The van der Waals surface area contributed by atoms with Gasteiger partial charge in [0, 0.05) is 10.9 Å². The van der Waals surface area contributed by atoms with Gasteiger partial charge in [-0.1, -0.05) is 18.2 Å². The minimum atomic E-state index is -3.67. The van der Waals surface area contributed by atoms with E-state index >= 15 is 0 Å². The summed E-state index contributed by atoms with van der Waals surface area (Å²) in [5.74, 6) is 0. The van der Waals surface area contributed by atoms with Crippen LogP contribution in [-0.2, 0) is 16.4 Å². The number of hydrogen-bond donors (Lipinski definition) is 0. The predicted molar refractivity (Wildman–Crippen MR) is 106 cm³/mol. The van der Waals surface area contributed by atoms with Crippen LogP contribution < -0.4 is 5.56 Å². The highest BCUT2D eigenvalue weighted by atomic mass is 32.2. The summed E-state index contributed by atoms with van der Waals surface area (Å²) < 4.78 is 26.8. The molecule has 2 aromatic heterocycles. The lowest BCUT2D eigenvalue weighted by Crippen LogP contribution is -2.23. The second-order valence-corrected chi connectivity index (χ2v) is 8.93. The Morgan fingerprint density at radius 2 is 1.86 bits per heavy atom. The summed E-state index contributed by atoms with van der Waals surface area (Å²) in [4.78, 5) is 13.6. The number of benzene rings is 2. The van der Waals surface area contributed by atoms with E-state index in [1.54, 1.807) is 29.6 Å². The summed E-state index contributed by atoms with van der Waals surface area (Å²) in [6.45, 7) is 0.186. The van der Waals surface area contributed by atoms with E-state index < -0.39 is 9.84 Å². The normalized spacial score (nSPS) is 11.4. The van der Waals surface area contributed by atoms with E-state index in [9.17, 15) is 13.2 Å². The molecule has 0 aliphatic heterocycles. The van der Waals surface area contributed by atoms with Crippen molar-refractivity contribution in [2.45, 2.75) is 16.3 Å². The van der Waals surface area contributed by atoms with Gasteiger partial charge in [0.25, 0.3) is 5.56 Å². The van der Waals surface area contributed by atoms with Gasteiger partial charge >= 0.3 is 0 Å². The maximum Gasteiger partial charge on any atom is 0.274 e. The van der Waals surface area contributed by atoms with Crippen LogP contribution in [0.2, 0.25) is 0 Å². The Labute approximate surface area is 164 Å². The van der Waals surface area contributed by atoms with Crippen molar-refractivity contribution in [3.05, 3.63) is 87.0 Å². The molecule has 0 atom stereocenters. The van der Waals surface area contributed by atoms with E-state index in [-0.39, 0.29) is 21.9 Å². The Bertz CT molecular complexity index is 1380. The highest BCUT2D eigenvalue weighted by Gasteiger charge is 2.18. The van der Waals surface area contributed by atoms with Crippen LogP contribution in [0.25, 0.3) is 10.8 Å². The van der Waals surface area contributed by atoms with E-state index in [4.69, 9.17) is 5.26 Å². The number of hydrogen-bond acceptors (Lipinski definition) is 6. The molecule has 0 aliphatic rings. The molecule has 0 fully saturated rings. The maximum absolute atomic E-state index is 12.8. The number of nitriles is 1. The van der Waals surface area contributed by atoms with Crippen LogP contribution in [0.3, 0.4) is 0 Å². The molecule has 0 saturated heterocycles. The zero-order chi connectivity index (χ0) is 19.7. The second-order valence-electron chi connectivity index (χ2n) is 6.06. The lowest BCUT2D eigenvalue weighted by Gasteiger charge is -2.08. The molecule has 6 nitrogen and oxygen atoms in total. The van der Waals surface area contributed by atoms with E-state index in [1.165, 1.54) is 52.5 Å². The molecule has 0 unspecified atom stereocenters. The zero-order valence-electron chi connectivity index (χ0n) is 14.4. The van der Waals surface area contributed by atoms with E-state index in [0.29, 0.717) is 15.6 Å². The van der Waals surface area contributed by atoms with Gasteiger partial charge in [-0.25, -0.2) is 13.1 Å². The Morgan fingerprint density at radius 1 is 1.07 bits per heavy atom. The molecule has 138 valence electrons. The lowest BCUT2D eigenvalue weighted by molar-refractivity contribution is 0.596. The first-order valence-electron chi connectivity index (χ1n) is 8.27. The molecule has 0 N–H and O–H groups in total. The third kappa shape index (κ3) is 3.11. The molecule has 2 heterocycles. The first-order valence-corrected chi connectivity index (χ1v) is 10.6. The van der Waals surface area contributed by atoms with Crippen LogP contribution in [0.5, 0.6) is 0 Å². The number of sulfone groups is 1. The quantitative estimate of drug-likeness (QED) is 0.518. The van der Waals surface area contributed by atoms with Crippen molar-refractivity contribution < 1.29 is 8.42 Å². The third-order valence-electron chi connectivity index (χ3n) is 4.36. The number of nitrogens with zero attached hydrogens (tertiary/aromatic N) is 3. The van der Waals surface area contributed by atoms with Gasteiger partial charge in [0.05, 0.1) is 27.9 Å². The first-order chi connectivity index (χ1) is 13.5. The standard InChI is InChI=1S/C20H13N3O3S2/c21-11-19-14(8-9-27-19)13-23-20(24)18-7-6-17(10-15(18)12-22-23)28(25,26)16-4-2-1-3-5-16/h1-10,12H,13H2. The molecule has 4 aromatic rings. The highest BCUT2D eigenvalue weighted by molar-refractivity contribution is 7.91. The molecule has 0 amide bonds. The van der Waals surface area contributed by atoms with Crippen molar-refractivity contribution in [3.63, 3.8) is 0 Å².